The Kier molecular flexibility index (Phi) is 23.6. The molecule has 0 atom stereocenters. The van der Waals surface area contributed by atoms with Crippen molar-refractivity contribution in [1.29, 1.82) is 0 Å². The van der Waals surface area contributed by atoms with E-state index in [0.29, 0.717) is 0 Å². The van der Waals surface area contributed by atoms with Crippen molar-refractivity contribution < 1.29 is 0 Å². The summed E-state index contributed by atoms with van der Waals surface area (Å²) in [4.78, 5) is 3.89. The molecule has 0 rings (SSSR count). The van der Waals surface area contributed by atoms with Crippen LogP contribution in [0.5, 0.6) is 0 Å². The first-order valence-corrected chi connectivity index (χ1v) is 4.76. The fourth-order valence-corrected chi connectivity index (χ4v) is 0.511. The third-order valence-electron chi connectivity index (χ3n) is 0.731. The van der Waals surface area contributed by atoms with Crippen molar-refractivity contribution in [3.05, 3.63) is 24.6 Å². The van der Waals surface area contributed by atoms with Crippen LogP contribution < -0.4 is 5.73 Å². The van der Waals surface area contributed by atoms with Crippen LogP contribution in [-0.4, -0.2) is 5.71 Å². The van der Waals surface area contributed by atoms with E-state index in [1.54, 1.807) is 6.08 Å². The van der Waals surface area contributed by atoms with Crippen molar-refractivity contribution in [2.45, 2.75) is 41.5 Å². The van der Waals surface area contributed by atoms with Gasteiger partial charge < -0.3 is 5.73 Å². The van der Waals surface area contributed by atoms with Crippen molar-refractivity contribution in [1.82, 2.24) is 0 Å². The molecule has 0 fully saturated rings. The second-order valence-electron chi connectivity index (χ2n) is 1.84. The fourth-order valence-electron chi connectivity index (χ4n) is 0.511. The van der Waals surface area contributed by atoms with E-state index in [0.717, 1.165) is 11.4 Å². The van der Waals surface area contributed by atoms with Crippen LogP contribution >= 0.6 is 0 Å². The molecule has 0 saturated heterocycles. The maximum absolute atomic E-state index is 5.37. The second kappa shape index (κ2) is 17.2. The highest BCUT2D eigenvalue weighted by atomic mass is 14.7. The lowest BCUT2D eigenvalue weighted by atomic mass is 10.3. The minimum atomic E-state index is 0.762. The van der Waals surface area contributed by atoms with Crippen molar-refractivity contribution in [3.63, 3.8) is 0 Å². The number of nitrogens with two attached hydrogens (primary N) is 1. The Morgan fingerprint density at radius 2 is 1.54 bits per heavy atom. The Morgan fingerprint density at radius 1 is 1.15 bits per heavy atom. The summed E-state index contributed by atoms with van der Waals surface area (Å²) in [6, 6.07) is 0. The zero-order chi connectivity index (χ0) is 11.3. The van der Waals surface area contributed by atoms with Crippen molar-refractivity contribution in [2.24, 2.45) is 10.7 Å². The topological polar surface area (TPSA) is 38.4 Å². The van der Waals surface area contributed by atoms with Crippen molar-refractivity contribution >= 4 is 5.71 Å². The molecule has 0 bridgehead atoms. The smallest absolute Gasteiger partial charge is 0.0389 e. The van der Waals surface area contributed by atoms with Crippen molar-refractivity contribution in [3.8, 4) is 0 Å². The van der Waals surface area contributed by atoms with Gasteiger partial charge in [-0.15, -0.1) is 0 Å². The average Bonchev–Trinajstić information content (AvgIpc) is 2.10. The predicted octanol–water partition coefficient (Wildman–Crippen LogP) is 3.51. The molecule has 0 heterocycles. The lowest BCUT2D eigenvalue weighted by molar-refractivity contribution is 1.32. The predicted molar refractivity (Wildman–Crippen MR) is 63.9 cm³/mol. The van der Waals surface area contributed by atoms with Gasteiger partial charge in [-0.1, -0.05) is 34.3 Å². The summed E-state index contributed by atoms with van der Waals surface area (Å²) in [6.07, 6.45) is 3.29. The summed E-state index contributed by atoms with van der Waals surface area (Å²) in [5.41, 5.74) is 7.01. The first-order valence-electron chi connectivity index (χ1n) is 4.76. The molecule has 0 spiro atoms. The van der Waals surface area contributed by atoms with Gasteiger partial charge in [-0.2, -0.15) is 0 Å². The standard InChI is InChI=1S/C7H12N2.2C2H6/c1-4-9-7(3)5-6(2)8;2*1-2/h4-5H,1,8H2,2-3H3;2*1-2H3/b6-5+,9-7?;;. The van der Waals surface area contributed by atoms with Gasteiger partial charge in [-0.05, 0) is 19.9 Å². The van der Waals surface area contributed by atoms with Gasteiger partial charge in [0.05, 0.1) is 0 Å². The van der Waals surface area contributed by atoms with Crippen LogP contribution in [0.1, 0.15) is 41.5 Å². The number of rotatable bonds is 2. The highest BCUT2D eigenvalue weighted by molar-refractivity contribution is 5.93. The highest BCUT2D eigenvalue weighted by Crippen LogP contribution is 1.84. The Bertz CT molecular complexity index is 151. The molecule has 0 radical (unpaired) electrons. The largest absolute Gasteiger partial charge is 0.402 e. The quantitative estimate of drug-likeness (QED) is 0.655. The van der Waals surface area contributed by atoms with Crippen LogP contribution in [0.2, 0.25) is 0 Å². The van der Waals surface area contributed by atoms with Gasteiger partial charge in [-0.25, -0.2) is 0 Å². The number of hydrogen-bond donors (Lipinski definition) is 1. The first-order chi connectivity index (χ1) is 6.16. The van der Waals surface area contributed by atoms with Crippen LogP contribution in [0.25, 0.3) is 0 Å². The van der Waals surface area contributed by atoms with Gasteiger partial charge >= 0.3 is 0 Å². The molecule has 0 unspecified atom stereocenters. The molecule has 2 nitrogen and oxygen atoms in total. The summed E-state index contributed by atoms with van der Waals surface area (Å²) in [6.45, 7) is 15.1. The van der Waals surface area contributed by atoms with E-state index in [1.165, 1.54) is 6.20 Å². The Labute approximate surface area is 83.3 Å². The molecule has 0 amide bonds. The third-order valence-corrected chi connectivity index (χ3v) is 0.731. The molecule has 0 aliphatic carbocycles. The zero-order valence-electron chi connectivity index (χ0n) is 9.89. The van der Waals surface area contributed by atoms with Gasteiger partial charge in [0.1, 0.15) is 0 Å². The van der Waals surface area contributed by atoms with Gasteiger partial charge in [-0.3, -0.25) is 4.99 Å². The first kappa shape index (κ1) is 17.9. The van der Waals surface area contributed by atoms with Crippen LogP contribution in [0, 0.1) is 0 Å². The van der Waals surface area contributed by atoms with Gasteiger partial charge in [0.25, 0.3) is 0 Å². The van der Waals surface area contributed by atoms with Crippen LogP contribution in [-0.2, 0) is 0 Å². The number of hydrogen-bond acceptors (Lipinski definition) is 2. The molecule has 13 heavy (non-hydrogen) atoms. The van der Waals surface area contributed by atoms with Gasteiger partial charge in [0.2, 0.25) is 0 Å². The molecule has 2 heteroatoms. The fraction of sp³-hybridized carbons (Fsp3) is 0.545. The minimum absolute atomic E-state index is 0.762. The van der Waals surface area contributed by atoms with E-state index in [2.05, 4.69) is 11.6 Å². The molecule has 78 valence electrons. The average molecular weight is 184 g/mol. The highest BCUT2D eigenvalue weighted by Gasteiger charge is 1.80. The summed E-state index contributed by atoms with van der Waals surface area (Å²) in [5, 5.41) is 0. The van der Waals surface area contributed by atoms with Crippen LogP contribution in [0.15, 0.2) is 29.5 Å². The van der Waals surface area contributed by atoms with Gasteiger partial charge in [0.15, 0.2) is 0 Å². The second-order valence-corrected chi connectivity index (χ2v) is 1.84. The minimum Gasteiger partial charge on any atom is -0.402 e. The molecule has 0 aliphatic rings. The summed E-state index contributed by atoms with van der Waals surface area (Å²) < 4.78 is 0. The molecule has 0 aliphatic heterocycles. The molecule has 0 aromatic rings. The molecule has 0 aromatic carbocycles. The van der Waals surface area contributed by atoms with E-state index in [1.807, 2.05) is 41.5 Å². The van der Waals surface area contributed by atoms with Gasteiger partial charge in [0, 0.05) is 17.6 Å². The summed E-state index contributed by atoms with van der Waals surface area (Å²) in [7, 11) is 0. The normalized spacial score (nSPS) is 10.3. The monoisotopic (exact) mass is 184 g/mol. The third kappa shape index (κ3) is 24.8. The molecule has 2 N–H and O–H groups in total. The maximum atomic E-state index is 5.37. The van der Waals surface area contributed by atoms with E-state index in [-0.39, 0.29) is 0 Å². The number of allylic oxidation sites excluding steroid dienone is 2. The van der Waals surface area contributed by atoms with Crippen molar-refractivity contribution in [2.75, 3.05) is 0 Å². The van der Waals surface area contributed by atoms with E-state index in [4.69, 9.17) is 5.73 Å². The molecular weight excluding hydrogens is 160 g/mol. The molecule has 0 aromatic heterocycles. The van der Waals surface area contributed by atoms with E-state index >= 15 is 0 Å². The van der Waals surface area contributed by atoms with E-state index in [9.17, 15) is 0 Å². The SMILES string of the molecule is C=CN=C(C)/C=C(\C)N.CC.CC. The Balaban J connectivity index is -0.000000218. The number of nitrogens with zero attached hydrogens (tertiary/aromatic N) is 1. The summed E-state index contributed by atoms with van der Waals surface area (Å²) >= 11 is 0. The van der Waals surface area contributed by atoms with Crippen LogP contribution in [0.4, 0.5) is 0 Å². The van der Waals surface area contributed by atoms with E-state index < -0.39 is 0 Å². The Hall–Kier alpha value is -1.05. The zero-order valence-corrected chi connectivity index (χ0v) is 9.89. The lowest BCUT2D eigenvalue weighted by Gasteiger charge is -1.88. The summed E-state index contributed by atoms with van der Waals surface area (Å²) in [5.74, 6) is 0. The lowest BCUT2D eigenvalue weighted by Crippen LogP contribution is -1.94. The molecule has 0 saturated carbocycles. The van der Waals surface area contributed by atoms with Crippen LogP contribution in [0.3, 0.4) is 0 Å². The Morgan fingerprint density at radius 3 is 1.77 bits per heavy atom. The maximum Gasteiger partial charge on any atom is 0.0389 e. The molecular formula is C11H24N2. The number of aliphatic imine (C=N–C) groups is 1.